The Balaban J connectivity index is 1.99. The smallest absolute Gasteiger partial charge is 0.104 e. The summed E-state index contributed by atoms with van der Waals surface area (Å²) in [5, 5.41) is 0. The highest BCUT2D eigenvalue weighted by molar-refractivity contribution is 7.80. The highest BCUT2D eigenvalue weighted by atomic mass is 32.1. The van der Waals surface area contributed by atoms with E-state index in [1.165, 1.54) is 32.1 Å². The number of hydrogen-bond donors (Lipinski definition) is 1. The molecule has 6 heteroatoms. The molecule has 0 spiro atoms. The van der Waals surface area contributed by atoms with Gasteiger partial charge in [0.1, 0.15) is 6.10 Å². The highest BCUT2D eigenvalue weighted by Gasteiger charge is 2.10. The Kier molecular flexibility index (Phi) is 15.7. The fourth-order valence-corrected chi connectivity index (χ4v) is 2.53. The van der Waals surface area contributed by atoms with Gasteiger partial charge >= 0.3 is 0 Å². The minimum Gasteiger partial charge on any atom is -0.379 e. The molecule has 0 saturated carbocycles. The summed E-state index contributed by atoms with van der Waals surface area (Å²) in [4.78, 5) is 0. The SMILES string of the molecule is SCCCCCCCCOCC1COCCOCCOCCO1. The molecular formula is C17H34O5S. The van der Waals surface area contributed by atoms with Crippen molar-refractivity contribution < 1.29 is 23.7 Å². The normalized spacial score (nSPS) is 21.5. The van der Waals surface area contributed by atoms with Crippen molar-refractivity contribution in [2.75, 3.05) is 65.2 Å². The third-order valence-corrected chi connectivity index (χ3v) is 3.95. The van der Waals surface area contributed by atoms with E-state index < -0.39 is 0 Å². The second kappa shape index (κ2) is 17.0. The second-order valence-electron chi connectivity index (χ2n) is 5.71. The summed E-state index contributed by atoms with van der Waals surface area (Å²) in [7, 11) is 0. The first kappa shape index (κ1) is 21.2. The van der Waals surface area contributed by atoms with Crippen LogP contribution in [0.15, 0.2) is 0 Å². The van der Waals surface area contributed by atoms with Crippen molar-refractivity contribution >= 4 is 12.6 Å². The summed E-state index contributed by atoms with van der Waals surface area (Å²) in [6.07, 6.45) is 7.45. The average Bonchev–Trinajstić information content (AvgIpc) is 2.55. The fraction of sp³-hybridized carbons (Fsp3) is 1.00. The van der Waals surface area contributed by atoms with Gasteiger partial charge in [-0.1, -0.05) is 25.7 Å². The zero-order valence-corrected chi connectivity index (χ0v) is 15.3. The molecule has 1 unspecified atom stereocenters. The molecule has 0 amide bonds. The summed E-state index contributed by atoms with van der Waals surface area (Å²) in [5.74, 6) is 1.00. The Labute approximate surface area is 146 Å². The Morgan fingerprint density at radius 1 is 0.739 bits per heavy atom. The van der Waals surface area contributed by atoms with Crippen molar-refractivity contribution in [3.8, 4) is 0 Å². The van der Waals surface area contributed by atoms with Crippen LogP contribution in [0.2, 0.25) is 0 Å². The fourth-order valence-electron chi connectivity index (χ4n) is 2.31. The van der Waals surface area contributed by atoms with Crippen molar-refractivity contribution in [2.24, 2.45) is 0 Å². The van der Waals surface area contributed by atoms with E-state index in [-0.39, 0.29) is 6.10 Å². The lowest BCUT2D eigenvalue weighted by atomic mass is 10.1. The first-order valence-electron chi connectivity index (χ1n) is 8.97. The molecule has 0 aromatic carbocycles. The van der Waals surface area contributed by atoms with Crippen molar-refractivity contribution in [3.63, 3.8) is 0 Å². The molecule has 138 valence electrons. The molecule has 1 saturated heterocycles. The van der Waals surface area contributed by atoms with Crippen LogP contribution in [0.3, 0.4) is 0 Å². The van der Waals surface area contributed by atoms with Crippen LogP contribution in [0.4, 0.5) is 0 Å². The molecule has 23 heavy (non-hydrogen) atoms. The number of thiol groups is 1. The van der Waals surface area contributed by atoms with Crippen LogP contribution < -0.4 is 0 Å². The zero-order chi connectivity index (χ0) is 16.4. The van der Waals surface area contributed by atoms with E-state index >= 15 is 0 Å². The van der Waals surface area contributed by atoms with Crippen LogP contribution in [0, 0.1) is 0 Å². The summed E-state index contributed by atoms with van der Waals surface area (Å²) in [6.45, 7) is 5.51. The minimum absolute atomic E-state index is 0.0200. The summed E-state index contributed by atoms with van der Waals surface area (Å²) in [5.41, 5.74) is 0. The van der Waals surface area contributed by atoms with Crippen LogP contribution in [0.1, 0.15) is 38.5 Å². The predicted octanol–water partition coefficient (Wildman–Crippen LogP) is 2.72. The van der Waals surface area contributed by atoms with Crippen molar-refractivity contribution in [1.29, 1.82) is 0 Å². The van der Waals surface area contributed by atoms with E-state index in [0.717, 1.165) is 18.8 Å². The van der Waals surface area contributed by atoms with E-state index in [1.807, 2.05) is 0 Å². The summed E-state index contributed by atoms with van der Waals surface area (Å²) >= 11 is 4.22. The second-order valence-corrected chi connectivity index (χ2v) is 6.16. The van der Waals surface area contributed by atoms with Gasteiger partial charge in [0.2, 0.25) is 0 Å². The van der Waals surface area contributed by atoms with Crippen LogP contribution in [0.25, 0.3) is 0 Å². The van der Waals surface area contributed by atoms with Gasteiger partial charge < -0.3 is 23.7 Å². The van der Waals surface area contributed by atoms with Gasteiger partial charge in [-0.2, -0.15) is 12.6 Å². The van der Waals surface area contributed by atoms with Crippen molar-refractivity contribution in [2.45, 2.75) is 44.6 Å². The van der Waals surface area contributed by atoms with Gasteiger partial charge in [0, 0.05) is 6.61 Å². The van der Waals surface area contributed by atoms with Crippen LogP contribution in [0.5, 0.6) is 0 Å². The molecule has 1 aliphatic rings. The minimum atomic E-state index is -0.0200. The van der Waals surface area contributed by atoms with Gasteiger partial charge in [0.15, 0.2) is 0 Å². The summed E-state index contributed by atoms with van der Waals surface area (Å²) < 4.78 is 27.9. The molecule has 0 bridgehead atoms. The maximum absolute atomic E-state index is 5.76. The molecule has 0 aromatic rings. The molecule has 0 N–H and O–H groups in total. The first-order chi connectivity index (χ1) is 11.4. The van der Waals surface area contributed by atoms with Gasteiger partial charge in [-0.25, -0.2) is 0 Å². The molecule has 0 aliphatic carbocycles. The Hall–Kier alpha value is 0.150. The molecule has 1 atom stereocenters. The number of ether oxygens (including phenoxy) is 5. The van der Waals surface area contributed by atoms with E-state index in [4.69, 9.17) is 23.7 Å². The van der Waals surface area contributed by atoms with E-state index in [1.54, 1.807) is 0 Å². The first-order valence-corrected chi connectivity index (χ1v) is 9.60. The molecular weight excluding hydrogens is 316 g/mol. The largest absolute Gasteiger partial charge is 0.379 e. The van der Waals surface area contributed by atoms with Gasteiger partial charge in [-0.3, -0.25) is 0 Å². The zero-order valence-electron chi connectivity index (χ0n) is 14.4. The molecule has 5 nitrogen and oxygen atoms in total. The maximum atomic E-state index is 5.76. The molecule has 1 aliphatic heterocycles. The van der Waals surface area contributed by atoms with Crippen molar-refractivity contribution in [1.82, 2.24) is 0 Å². The quantitative estimate of drug-likeness (QED) is 0.485. The molecule has 1 rings (SSSR count). The van der Waals surface area contributed by atoms with Gasteiger partial charge in [-0.15, -0.1) is 0 Å². The van der Waals surface area contributed by atoms with Gasteiger partial charge in [-0.05, 0) is 18.6 Å². The number of unbranched alkanes of at least 4 members (excludes halogenated alkanes) is 5. The third kappa shape index (κ3) is 14.2. The Morgan fingerprint density at radius 3 is 2.09 bits per heavy atom. The monoisotopic (exact) mass is 350 g/mol. The third-order valence-electron chi connectivity index (χ3n) is 3.63. The predicted molar refractivity (Wildman–Crippen MR) is 94.6 cm³/mol. The van der Waals surface area contributed by atoms with Crippen LogP contribution in [-0.2, 0) is 23.7 Å². The van der Waals surface area contributed by atoms with Crippen molar-refractivity contribution in [3.05, 3.63) is 0 Å². The lowest BCUT2D eigenvalue weighted by Crippen LogP contribution is -2.29. The maximum Gasteiger partial charge on any atom is 0.104 e. The van der Waals surface area contributed by atoms with Gasteiger partial charge in [0.25, 0.3) is 0 Å². The van der Waals surface area contributed by atoms with E-state index in [0.29, 0.717) is 52.9 Å². The molecule has 0 aromatic heterocycles. The molecule has 1 fully saturated rings. The summed E-state index contributed by atoms with van der Waals surface area (Å²) in [6, 6.07) is 0. The number of hydrogen-bond acceptors (Lipinski definition) is 6. The lowest BCUT2D eigenvalue weighted by Gasteiger charge is -2.19. The topological polar surface area (TPSA) is 46.2 Å². The van der Waals surface area contributed by atoms with Crippen LogP contribution >= 0.6 is 12.6 Å². The molecule has 0 radical (unpaired) electrons. The Bertz CT molecular complexity index is 231. The average molecular weight is 351 g/mol. The molecule has 1 heterocycles. The van der Waals surface area contributed by atoms with Crippen LogP contribution in [-0.4, -0.2) is 71.3 Å². The Morgan fingerprint density at radius 2 is 1.35 bits per heavy atom. The number of rotatable bonds is 10. The van der Waals surface area contributed by atoms with E-state index in [9.17, 15) is 0 Å². The van der Waals surface area contributed by atoms with Gasteiger partial charge in [0.05, 0.1) is 52.9 Å². The lowest BCUT2D eigenvalue weighted by molar-refractivity contribution is -0.0903. The van der Waals surface area contributed by atoms with E-state index in [2.05, 4.69) is 12.6 Å². The standard InChI is InChI=1S/C17H34O5S/c23-14-6-4-2-1-3-5-7-20-15-17-16-21-11-10-18-8-9-19-12-13-22-17/h17,23H,1-16H2. The highest BCUT2D eigenvalue weighted by Crippen LogP contribution is 2.06.